The molecule has 1 aromatic carbocycles. The number of furan rings is 1. The number of hydrogen-bond donors (Lipinski definition) is 1. The highest BCUT2D eigenvalue weighted by Gasteiger charge is 2.37. The summed E-state index contributed by atoms with van der Waals surface area (Å²) in [5, 5.41) is 0. The van der Waals surface area contributed by atoms with Gasteiger partial charge in [-0.05, 0) is 43.5 Å². The van der Waals surface area contributed by atoms with Gasteiger partial charge < -0.3 is 15.1 Å². The Labute approximate surface area is 126 Å². The Morgan fingerprint density at radius 3 is 2.48 bits per heavy atom. The van der Waals surface area contributed by atoms with E-state index in [2.05, 4.69) is 62.2 Å². The van der Waals surface area contributed by atoms with E-state index >= 15 is 0 Å². The first-order chi connectivity index (χ1) is 10.1. The van der Waals surface area contributed by atoms with Gasteiger partial charge in [0.05, 0.1) is 6.04 Å². The summed E-state index contributed by atoms with van der Waals surface area (Å²) in [6.07, 6.45) is 1.24. The molecule has 3 heteroatoms. The Morgan fingerprint density at radius 2 is 1.90 bits per heavy atom. The van der Waals surface area contributed by atoms with E-state index in [-0.39, 0.29) is 6.04 Å². The van der Waals surface area contributed by atoms with Crippen LogP contribution in [0.3, 0.4) is 0 Å². The number of aryl methyl sites for hydroxylation is 1. The van der Waals surface area contributed by atoms with Crippen LogP contribution in [0, 0.1) is 12.8 Å². The lowest BCUT2D eigenvalue weighted by molar-refractivity contribution is 0.426. The van der Waals surface area contributed by atoms with Crippen LogP contribution in [-0.4, -0.2) is 13.6 Å². The molecule has 3 unspecified atom stereocenters. The van der Waals surface area contributed by atoms with Crippen LogP contribution >= 0.6 is 0 Å². The molecule has 3 nitrogen and oxygen atoms in total. The first-order valence-electron chi connectivity index (χ1n) is 7.69. The van der Waals surface area contributed by atoms with Crippen LogP contribution in [0.1, 0.15) is 42.4 Å². The monoisotopic (exact) mass is 284 g/mol. The van der Waals surface area contributed by atoms with Crippen molar-refractivity contribution in [1.82, 2.24) is 0 Å². The van der Waals surface area contributed by atoms with Gasteiger partial charge in [0, 0.05) is 25.2 Å². The van der Waals surface area contributed by atoms with Crippen molar-refractivity contribution in [1.29, 1.82) is 0 Å². The summed E-state index contributed by atoms with van der Waals surface area (Å²) < 4.78 is 6.08. The van der Waals surface area contributed by atoms with Crippen LogP contribution in [0.25, 0.3) is 0 Å². The van der Waals surface area contributed by atoms with Gasteiger partial charge in [-0.2, -0.15) is 0 Å². The molecule has 0 saturated heterocycles. The average Bonchev–Trinajstić information content (AvgIpc) is 3.01. The van der Waals surface area contributed by atoms with Gasteiger partial charge in [-0.15, -0.1) is 0 Å². The third-order valence-corrected chi connectivity index (χ3v) is 4.58. The van der Waals surface area contributed by atoms with E-state index in [0.717, 1.165) is 23.1 Å². The number of nitrogens with two attached hydrogens (primary N) is 1. The number of benzene rings is 1. The van der Waals surface area contributed by atoms with E-state index in [0.29, 0.717) is 12.5 Å². The Kier molecular flexibility index (Phi) is 3.77. The highest BCUT2D eigenvalue weighted by molar-refractivity contribution is 5.48. The minimum absolute atomic E-state index is 0.0792. The first kappa shape index (κ1) is 14.2. The number of hydrogen-bond acceptors (Lipinski definition) is 3. The number of nitrogens with zero attached hydrogens (tertiary/aromatic N) is 1. The van der Waals surface area contributed by atoms with Gasteiger partial charge in [0.15, 0.2) is 0 Å². The second-order valence-corrected chi connectivity index (χ2v) is 6.26. The van der Waals surface area contributed by atoms with Gasteiger partial charge in [-0.25, -0.2) is 0 Å². The number of likely N-dealkylation sites (N-methyl/N-ethyl adjacent to an activating group) is 1. The molecular formula is C18H24N2O. The molecule has 1 aliphatic carbocycles. The molecule has 0 radical (unpaired) electrons. The van der Waals surface area contributed by atoms with Crippen molar-refractivity contribution >= 4 is 5.69 Å². The lowest BCUT2D eigenvalue weighted by Gasteiger charge is -2.27. The molecule has 1 saturated carbocycles. The fourth-order valence-corrected chi connectivity index (χ4v) is 2.89. The second kappa shape index (κ2) is 5.57. The van der Waals surface area contributed by atoms with Crippen molar-refractivity contribution in [2.45, 2.75) is 32.2 Å². The Hall–Kier alpha value is -1.74. The molecule has 1 fully saturated rings. The third-order valence-electron chi connectivity index (χ3n) is 4.58. The van der Waals surface area contributed by atoms with Crippen molar-refractivity contribution < 1.29 is 4.42 Å². The summed E-state index contributed by atoms with van der Waals surface area (Å²) in [5.74, 6) is 3.46. The molecule has 3 rings (SSSR count). The topological polar surface area (TPSA) is 42.4 Å². The maximum atomic E-state index is 6.08. The Bertz CT molecular complexity index is 602. The van der Waals surface area contributed by atoms with Crippen molar-refractivity contribution in [3.63, 3.8) is 0 Å². The first-order valence-corrected chi connectivity index (χ1v) is 7.69. The molecule has 1 heterocycles. The Balaban J connectivity index is 1.80. The SMILES string of the molecule is Cc1ccc(N(C)C(CN)c2ccc(C3CC3C)o2)cc1. The molecule has 112 valence electrons. The summed E-state index contributed by atoms with van der Waals surface area (Å²) in [5.41, 5.74) is 8.42. The molecule has 2 N–H and O–H groups in total. The largest absolute Gasteiger partial charge is 0.464 e. The molecule has 0 amide bonds. The zero-order valence-electron chi connectivity index (χ0n) is 13.0. The van der Waals surface area contributed by atoms with E-state index in [4.69, 9.17) is 10.2 Å². The van der Waals surface area contributed by atoms with Crippen LogP contribution in [0.5, 0.6) is 0 Å². The minimum atomic E-state index is 0.0792. The smallest absolute Gasteiger partial charge is 0.127 e. The molecule has 2 aromatic rings. The molecule has 0 bridgehead atoms. The summed E-state index contributed by atoms with van der Waals surface area (Å²) in [6.45, 7) is 4.91. The third kappa shape index (κ3) is 2.84. The van der Waals surface area contributed by atoms with Crippen LogP contribution in [0.15, 0.2) is 40.8 Å². The van der Waals surface area contributed by atoms with Gasteiger partial charge in [0.2, 0.25) is 0 Å². The van der Waals surface area contributed by atoms with Crippen molar-refractivity contribution in [3.8, 4) is 0 Å². The lowest BCUT2D eigenvalue weighted by Crippen LogP contribution is -2.30. The van der Waals surface area contributed by atoms with Gasteiger partial charge >= 0.3 is 0 Å². The van der Waals surface area contributed by atoms with Crippen molar-refractivity contribution in [2.24, 2.45) is 11.7 Å². The zero-order valence-corrected chi connectivity index (χ0v) is 13.0. The van der Waals surface area contributed by atoms with Gasteiger partial charge in [0.25, 0.3) is 0 Å². The molecule has 3 atom stereocenters. The molecular weight excluding hydrogens is 260 g/mol. The number of anilines is 1. The molecule has 1 aliphatic rings. The van der Waals surface area contributed by atoms with Gasteiger partial charge in [0.1, 0.15) is 11.5 Å². The lowest BCUT2D eigenvalue weighted by atomic mass is 10.1. The van der Waals surface area contributed by atoms with Crippen molar-refractivity contribution in [3.05, 3.63) is 53.5 Å². The zero-order chi connectivity index (χ0) is 15.0. The summed E-state index contributed by atoms with van der Waals surface area (Å²) in [7, 11) is 2.07. The van der Waals surface area contributed by atoms with Crippen LogP contribution < -0.4 is 10.6 Å². The Morgan fingerprint density at radius 1 is 1.24 bits per heavy atom. The predicted octanol–water partition coefficient (Wildman–Crippen LogP) is 3.85. The molecule has 1 aromatic heterocycles. The summed E-state index contributed by atoms with van der Waals surface area (Å²) in [6, 6.07) is 12.8. The van der Waals surface area contributed by atoms with Gasteiger partial charge in [-0.1, -0.05) is 24.6 Å². The highest BCUT2D eigenvalue weighted by atomic mass is 16.3. The van der Waals surface area contributed by atoms with Crippen molar-refractivity contribution in [2.75, 3.05) is 18.5 Å². The summed E-state index contributed by atoms with van der Waals surface area (Å²) in [4.78, 5) is 2.19. The van der Waals surface area contributed by atoms with E-state index in [9.17, 15) is 0 Å². The van der Waals surface area contributed by atoms with Crippen LogP contribution in [-0.2, 0) is 0 Å². The molecule has 21 heavy (non-hydrogen) atoms. The van der Waals surface area contributed by atoms with Crippen LogP contribution in [0.2, 0.25) is 0 Å². The molecule has 0 aliphatic heterocycles. The summed E-state index contributed by atoms with van der Waals surface area (Å²) >= 11 is 0. The number of rotatable bonds is 5. The fourth-order valence-electron chi connectivity index (χ4n) is 2.89. The van der Waals surface area contributed by atoms with Gasteiger partial charge in [-0.3, -0.25) is 0 Å². The maximum Gasteiger partial charge on any atom is 0.127 e. The predicted molar refractivity (Wildman–Crippen MR) is 86.6 cm³/mol. The van der Waals surface area contributed by atoms with E-state index < -0.39 is 0 Å². The average molecular weight is 284 g/mol. The fraction of sp³-hybridized carbons (Fsp3) is 0.444. The van der Waals surface area contributed by atoms with E-state index in [1.807, 2.05) is 0 Å². The standard InChI is InChI=1S/C18H24N2O/c1-12-4-6-14(7-5-12)20(3)16(11-19)18-9-8-17(21-18)15-10-13(15)2/h4-9,13,15-16H,10-11,19H2,1-3H3. The second-order valence-electron chi connectivity index (χ2n) is 6.26. The maximum absolute atomic E-state index is 6.08. The van der Waals surface area contributed by atoms with E-state index in [1.165, 1.54) is 12.0 Å². The van der Waals surface area contributed by atoms with Crippen LogP contribution in [0.4, 0.5) is 5.69 Å². The minimum Gasteiger partial charge on any atom is -0.464 e. The van der Waals surface area contributed by atoms with E-state index in [1.54, 1.807) is 0 Å². The highest BCUT2D eigenvalue weighted by Crippen LogP contribution is 2.47. The normalized spacial score (nSPS) is 22.1. The quantitative estimate of drug-likeness (QED) is 0.907. The molecule has 0 spiro atoms.